The van der Waals surface area contributed by atoms with E-state index in [9.17, 15) is 8.78 Å². The first kappa shape index (κ1) is 10.7. The molecule has 0 amide bonds. The van der Waals surface area contributed by atoms with Crippen LogP contribution in [-0.2, 0) is 0 Å². The summed E-state index contributed by atoms with van der Waals surface area (Å²) in [5, 5.41) is 8.46. The first-order valence-corrected chi connectivity index (χ1v) is 4.22. The minimum Gasteiger partial charge on any atom is -0.395 e. The number of rotatable bonds is 2. The summed E-state index contributed by atoms with van der Waals surface area (Å²) < 4.78 is 24.3. The second kappa shape index (κ2) is 5.36. The fourth-order valence-corrected chi connectivity index (χ4v) is 0.932. The Morgan fingerprint density at radius 3 is 2.36 bits per heavy atom. The van der Waals surface area contributed by atoms with Crippen LogP contribution >= 0.6 is 0 Å². The van der Waals surface area contributed by atoms with Crippen LogP contribution in [0.4, 0.5) is 8.78 Å². The Morgan fingerprint density at radius 2 is 1.86 bits per heavy atom. The number of benzene rings is 1. The van der Waals surface area contributed by atoms with Crippen LogP contribution in [0.1, 0.15) is 24.0 Å². The van der Waals surface area contributed by atoms with Crippen molar-refractivity contribution in [2.75, 3.05) is 6.61 Å². The zero-order valence-corrected chi connectivity index (χ0v) is 7.50. The van der Waals surface area contributed by atoms with E-state index in [1.807, 2.05) is 0 Å². The molecule has 3 heteroatoms. The van der Waals surface area contributed by atoms with Crippen molar-refractivity contribution < 1.29 is 13.9 Å². The van der Waals surface area contributed by atoms with Gasteiger partial charge in [-0.05, 0) is 12.1 Å². The highest BCUT2D eigenvalue weighted by molar-refractivity contribution is 5.36. The van der Waals surface area contributed by atoms with Gasteiger partial charge < -0.3 is 5.11 Å². The largest absolute Gasteiger partial charge is 0.395 e. The summed E-state index contributed by atoms with van der Waals surface area (Å²) in [6, 6.07) is 5.80. The quantitative estimate of drug-likeness (QED) is 0.720. The molecule has 1 nitrogen and oxygen atoms in total. The zero-order chi connectivity index (χ0) is 10.4. The molecule has 1 rings (SSSR count). The lowest BCUT2D eigenvalue weighted by molar-refractivity contribution is 0.151. The minimum absolute atomic E-state index is 0.00212. The van der Waals surface area contributed by atoms with Crippen LogP contribution in [0, 0.1) is 11.8 Å². The van der Waals surface area contributed by atoms with Gasteiger partial charge in [0.2, 0.25) is 0 Å². The molecule has 0 fully saturated rings. The maximum Gasteiger partial charge on any atom is 0.263 e. The second-order valence-corrected chi connectivity index (χ2v) is 2.70. The predicted molar refractivity (Wildman–Crippen MR) is 50.0 cm³/mol. The van der Waals surface area contributed by atoms with Crippen molar-refractivity contribution in [2.24, 2.45) is 0 Å². The van der Waals surface area contributed by atoms with Crippen molar-refractivity contribution in [3.63, 3.8) is 0 Å². The molecule has 1 aromatic carbocycles. The molecule has 0 aliphatic carbocycles. The van der Waals surface area contributed by atoms with Gasteiger partial charge in [-0.15, -0.1) is 0 Å². The third-order valence-electron chi connectivity index (χ3n) is 1.63. The predicted octanol–water partition coefficient (Wildman–Crippen LogP) is 2.36. The van der Waals surface area contributed by atoms with Gasteiger partial charge in [-0.25, -0.2) is 8.78 Å². The second-order valence-electron chi connectivity index (χ2n) is 2.70. The molecule has 0 aromatic heterocycles. The van der Waals surface area contributed by atoms with Crippen LogP contribution in [0.2, 0.25) is 0 Å². The summed E-state index contributed by atoms with van der Waals surface area (Å²) in [6.45, 7) is 0.0160. The van der Waals surface area contributed by atoms with Crippen molar-refractivity contribution in [1.29, 1.82) is 0 Å². The first-order chi connectivity index (χ1) is 6.74. The van der Waals surface area contributed by atoms with Crippen molar-refractivity contribution >= 4 is 0 Å². The fourth-order valence-electron chi connectivity index (χ4n) is 0.932. The number of hydrogen-bond acceptors (Lipinski definition) is 1. The van der Waals surface area contributed by atoms with E-state index in [2.05, 4.69) is 11.8 Å². The monoisotopic (exact) mass is 196 g/mol. The molecule has 0 aliphatic heterocycles. The first-order valence-electron chi connectivity index (χ1n) is 4.22. The van der Waals surface area contributed by atoms with Gasteiger partial charge in [0, 0.05) is 17.5 Å². The Kier molecular flexibility index (Phi) is 4.09. The van der Waals surface area contributed by atoms with Crippen molar-refractivity contribution in [2.45, 2.75) is 12.8 Å². The van der Waals surface area contributed by atoms with Crippen LogP contribution < -0.4 is 0 Å². The standard InChI is InChI=1S/C11H10F2O/c12-11(13)10-6-4-9(5-7-10)3-1-2-8-14/h4-7,11,14H,2,8H2. The zero-order valence-electron chi connectivity index (χ0n) is 7.50. The van der Waals surface area contributed by atoms with Gasteiger partial charge in [0.15, 0.2) is 0 Å². The molecule has 0 aliphatic rings. The molecule has 1 N–H and O–H groups in total. The topological polar surface area (TPSA) is 20.2 Å². The summed E-state index contributed by atoms with van der Waals surface area (Å²) in [4.78, 5) is 0. The number of aliphatic hydroxyl groups is 1. The van der Waals surface area contributed by atoms with E-state index in [4.69, 9.17) is 5.11 Å². The molecule has 14 heavy (non-hydrogen) atoms. The van der Waals surface area contributed by atoms with E-state index in [1.54, 1.807) is 12.1 Å². The van der Waals surface area contributed by atoms with Gasteiger partial charge >= 0.3 is 0 Å². The summed E-state index contributed by atoms with van der Waals surface area (Å²) >= 11 is 0. The lowest BCUT2D eigenvalue weighted by Crippen LogP contribution is -1.83. The van der Waals surface area contributed by atoms with E-state index in [0.717, 1.165) is 0 Å². The van der Waals surface area contributed by atoms with Gasteiger partial charge in [-0.3, -0.25) is 0 Å². The molecular formula is C11H10F2O. The molecule has 0 saturated carbocycles. The molecule has 0 radical (unpaired) electrons. The molecule has 0 saturated heterocycles. The maximum absolute atomic E-state index is 12.1. The summed E-state index contributed by atoms with van der Waals surface area (Å²) in [7, 11) is 0. The number of hydrogen-bond donors (Lipinski definition) is 1. The minimum atomic E-state index is -2.44. The Bertz CT molecular complexity index is 333. The van der Waals surface area contributed by atoms with E-state index in [1.165, 1.54) is 12.1 Å². The average Bonchev–Trinajstić information content (AvgIpc) is 2.19. The van der Waals surface area contributed by atoms with Gasteiger partial charge in [0.1, 0.15) is 0 Å². The Labute approximate surface area is 81.4 Å². The van der Waals surface area contributed by atoms with Gasteiger partial charge in [-0.1, -0.05) is 24.0 Å². The Balaban J connectivity index is 2.70. The molecular weight excluding hydrogens is 186 g/mol. The van der Waals surface area contributed by atoms with Crippen LogP contribution in [0.3, 0.4) is 0 Å². The molecule has 74 valence electrons. The van der Waals surface area contributed by atoms with E-state index in [-0.39, 0.29) is 12.2 Å². The van der Waals surface area contributed by atoms with Gasteiger partial charge in [0.25, 0.3) is 6.43 Å². The summed E-state index contributed by atoms with van der Waals surface area (Å²) in [5.74, 6) is 5.47. The average molecular weight is 196 g/mol. The van der Waals surface area contributed by atoms with E-state index < -0.39 is 6.43 Å². The van der Waals surface area contributed by atoms with Crippen molar-refractivity contribution in [3.8, 4) is 11.8 Å². The van der Waals surface area contributed by atoms with Crippen LogP contribution in [0.15, 0.2) is 24.3 Å². The molecule has 0 unspecified atom stereocenters. The summed E-state index contributed by atoms with van der Waals surface area (Å²) in [5.41, 5.74) is 0.681. The van der Waals surface area contributed by atoms with Crippen LogP contribution in [0.25, 0.3) is 0 Å². The molecule has 0 heterocycles. The normalized spacial score (nSPS) is 9.71. The summed E-state index contributed by atoms with van der Waals surface area (Å²) in [6.07, 6.45) is -2.04. The molecule has 0 spiro atoms. The highest BCUT2D eigenvalue weighted by atomic mass is 19.3. The lowest BCUT2D eigenvalue weighted by Gasteiger charge is -1.97. The van der Waals surface area contributed by atoms with E-state index in [0.29, 0.717) is 12.0 Å². The molecule has 0 bridgehead atoms. The van der Waals surface area contributed by atoms with Crippen molar-refractivity contribution in [3.05, 3.63) is 35.4 Å². The fraction of sp³-hybridized carbons (Fsp3) is 0.273. The third kappa shape index (κ3) is 3.15. The van der Waals surface area contributed by atoms with Crippen LogP contribution in [0.5, 0.6) is 0 Å². The van der Waals surface area contributed by atoms with Crippen LogP contribution in [-0.4, -0.2) is 11.7 Å². The number of alkyl halides is 2. The highest BCUT2D eigenvalue weighted by Gasteiger charge is 2.04. The SMILES string of the molecule is OCCC#Cc1ccc(C(F)F)cc1. The Morgan fingerprint density at radius 1 is 1.21 bits per heavy atom. The maximum atomic E-state index is 12.1. The molecule has 1 aromatic rings. The molecule has 0 atom stereocenters. The van der Waals surface area contributed by atoms with Gasteiger partial charge in [0.05, 0.1) is 6.61 Å². The van der Waals surface area contributed by atoms with E-state index >= 15 is 0 Å². The third-order valence-corrected chi connectivity index (χ3v) is 1.63. The Hall–Kier alpha value is -1.40. The van der Waals surface area contributed by atoms with Crippen molar-refractivity contribution in [1.82, 2.24) is 0 Å². The highest BCUT2D eigenvalue weighted by Crippen LogP contribution is 2.18. The number of halogens is 2. The van der Waals surface area contributed by atoms with Gasteiger partial charge in [-0.2, -0.15) is 0 Å². The number of aliphatic hydroxyl groups excluding tert-OH is 1. The smallest absolute Gasteiger partial charge is 0.263 e. The lowest BCUT2D eigenvalue weighted by atomic mass is 10.1.